The molecule has 0 aliphatic rings. The average Bonchev–Trinajstić information content (AvgIpc) is 3.17. The Bertz CT molecular complexity index is 1100. The molecule has 2 heterocycles. The molecule has 26 heavy (non-hydrogen) atoms. The largest absolute Gasteiger partial charge is 0.321 e. The van der Waals surface area contributed by atoms with Crippen LogP contribution in [0.3, 0.4) is 0 Å². The number of anilines is 1. The number of hydrogen-bond donors (Lipinski definition) is 1. The highest BCUT2D eigenvalue weighted by Gasteiger charge is 2.19. The maximum absolute atomic E-state index is 12.6. The molecule has 0 radical (unpaired) electrons. The number of nitrogens with one attached hydrogen (secondary N) is 1. The topological polar surface area (TPSA) is 59.3 Å². The van der Waals surface area contributed by atoms with Gasteiger partial charge in [0.15, 0.2) is 5.82 Å². The highest BCUT2D eigenvalue weighted by molar-refractivity contribution is 7.19. The molecule has 0 bridgehead atoms. The summed E-state index contributed by atoms with van der Waals surface area (Å²) >= 11 is 7.25. The lowest BCUT2D eigenvalue weighted by Gasteiger charge is -2.04. The summed E-state index contributed by atoms with van der Waals surface area (Å²) in [5.74, 6) is 0.457. The monoisotopic (exact) mass is 382 g/mol. The zero-order chi connectivity index (χ0) is 18.3. The zero-order valence-corrected chi connectivity index (χ0v) is 15.7. The number of hydrogen-bond acceptors (Lipinski definition) is 4. The molecule has 0 atom stereocenters. The van der Waals surface area contributed by atoms with Crippen molar-refractivity contribution in [3.8, 4) is 11.4 Å². The molecular weight excluding hydrogens is 368 g/mol. The van der Waals surface area contributed by atoms with Gasteiger partial charge in [-0.25, -0.2) is 4.52 Å². The molecular formula is C19H15ClN4OS. The number of benzene rings is 2. The Morgan fingerprint density at radius 2 is 1.77 bits per heavy atom. The van der Waals surface area contributed by atoms with E-state index in [1.807, 2.05) is 50.2 Å². The Morgan fingerprint density at radius 1 is 1.08 bits per heavy atom. The van der Waals surface area contributed by atoms with Gasteiger partial charge in [-0.2, -0.15) is 4.98 Å². The van der Waals surface area contributed by atoms with Crippen LogP contribution in [0, 0.1) is 13.8 Å². The molecule has 5 nitrogen and oxygen atoms in total. The second-order valence-electron chi connectivity index (χ2n) is 5.97. The molecule has 1 N–H and O–H groups in total. The zero-order valence-electron chi connectivity index (χ0n) is 14.2. The van der Waals surface area contributed by atoms with Gasteiger partial charge >= 0.3 is 0 Å². The second-order valence-corrected chi connectivity index (χ2v) is 7.39. The Labute approximate surface area is 159 Å². The van der Waals surface area contributed by atoms with Gasteiger partial charge in [-0.1, -0.05) is 40.6 Å². The van der Waals surface area contributed by atoms with Gasteiger partial charge in [0.25, 0.3) is 5.91 Å². The normalized spacial score (nSPS) is 11.0. The van der Waals surface area contributed by atoms with Gasteiger partial charge in [-0.15, -0.1) is 5.10 Å². The van der Waals surface area contributed by atoms with Crippen LogP contribution in [0.1, 0.15) is 20.9 Å². The molecule has 2 aromatic carbocycles. The van der Waals surface area contributed by atoms with Crippen molar-refractivity contribution in [3.63, 3.8) is 0 Å². The second kappa shape index (κ2) is 6.55. The summed E-state index contributed by atoms with van der Waals surface area (Å²) in [4.78, 5) is 18.4. The number of carbonyl (C=O) groups excluding carboxylic acids is 1. The van der Waals surface area contributed by atoms with Crippen molar-refractivity contribution in [2.45, 2.75) is 13.8 Å². The van der Waals surface area contributed by atoms with Crippen LogP contribution in [0.5, 0.6) is 0 Å². The number of nitrogens with zero attached hydrogens (tertiary/aromatic N) is 3. The number of fused-ring (bicyclic) bond motifs is 1. The van der Waals surface area contributed by atoms with Crippen molar-refractivity contribution in [2.24, 2.45) is 0 Å². The summed E-state index contributed by atoms with van der Waals surface area (Å²) in [5.41, 5.74) is 3.56. The first-order valence-electron chi connectivity index (χ1n) is 8.01. The number of aromatic nitrogens is 3. The number of halogens is 1. The Balaban J connectivity index is 1.63. The summed E-state index contributed by atoms with van der Waals surface area (Å²) in [6, 6.07) is 15.1. The third-order valence-corrected chi connectivity index (χ3v) is 5.42. The fourth-order valence-electron chi connectivity index (χ4n) is 2.60. The third kappa shape index (κ3) is 3.09. The molecule has 0 unspecified atom stereocenters. The van der Waals surface area contributed by atoms with Crippen molar-refractivity contribution in [1.82, 2.24) is 14.6 Å². The van der Waals surface area contributed by atoms with Crippen molar-refractivity contribution in [2.75, 3.05) is 5.32 Å². The number of aryl methyl sites for hydroxylation is 2. The predicted octanol–water partition coefficient (Wildman–Crippen LogP) is 4.98. The number of rotatable bonds is 3. The maximum atomic E-state index is 12.6. The van der Waals surface area contributed by atoms with Crippen molar-refractivity contribution in [3.05, 3.63) is 69.7 Å². The predicted molar refractivity (Wildman–Crippen MR) is 105 cm³/mol. The minimum Gasteiger partial charge on any atom is -0.321 e. The molecule has 4 rings (SSSR count). The quantitative estimate of drug-likeness (QED) is 0.543. The number of amides is 1. The van der Waals surface area contributed by atoms with E-state index >= 15 is 0 Å². The van der Waals surface area contributed by atoms with Crippen LogP contribution >= 0.6 is 22.9 Å². The molecule has 2 aromatic heterocycles. The molecule has 0 saturated heterocycles. The Hall–Kier alpha value is -2.70. The Kier molecular flexibility index (Phi) is 4.22. The first-order valence-corrected chi connectivity index (χ1v) is 9.21. The van der Waals surface area contributed by atoms with E-state index in [4.69, 9.17) is 11.6 Å². The SMILES string of the molecule is Cc1ccc(NC(=O)c2sc3nc(-c4ccc(Cl)cc4)nn3c2C)cc1. The Morgan fingerprint density at radius 3 is 2.42 bits per heavy atom. The minimum atomic E-state index is -0.156. The first kappa shape index (κ1) is 16.8. The van der Waals surface area contributed by atoms with E-state index in [2.05, 4.69) is 15.4 Å². The standard InChI is InChI=1S/C19H15ClN4OS/c1-11-3-9-15(10-4-11)21-18(25)16-12(2)24-19(26-16)22-17(23-24)13-5-7-14(20)8-6-13/h3-10H,1-2H3,(H,21,25). The van der Waals surface area contributed by atoms with E-state index in [0.29, 0.717) is 20.7 Å². The van der Waals surface area contributed by atoms with Gasteiger partial charge in [-0.3, -0.25) is 4.79 Å². The molecule has 0 saturated carbocycles. The van der Waals surface area contributed by atoms with E-state index in [1.165, 1.54) is 11.3 Å². The van der Waals surface area contributed by atoms with Crippen molar-refractivity contribution in [1.29, 1.82) is 0 Å². The first-order chi connectivity index (χ1) is 12.5. The summed E-state index contributed by atoms with van der Waals surface area (Å²) in [6.45, 7) is 3.88. The van der Waals surface area contributed by atoms with Crippen LogP contribution in [-0.4, -0.2) is 20.5 Å². The number of thiazole rings is 1. The fraction of sp³-hybridized carbons (Fsp3) is 0.105. The minimum absolute atomic E-state index is 0.156. The lowest BCUT2D eigenvalue weighted by atomic mass is 10.2. The fourth-order valence-corrected chi connectivity index (χ4v) is 3.68. The smallest absolute Gasteiger partial charge is 0.267 e. The lowest BCUT2D eigenvalue weighted by Crippen LogP contribution is -2.12. The van der Waals surface area contributed by atoms with Gasteiger partial charge in [0.1, 0.15) is 4.88 Å². The maximum Gasteiger partial charge on any atom is 0.267 e. The van der Waals surface area contributed by atoms with E-state index in [0.717, 1.165) is 22.5 Å². The molecule has 4 aromatic rings. The summed E-state index contributed by atoms with van der Waals surface area (Å²) in [5, 5.41) is 8.11. The molecule has 0 aliphatic carbocycles. The molecule has 0 fully saturated rings. The van der Waals surface area contributed by atoms with Gasteiger partial charge < -0.3 is 5.32 Å². The number of carbonyl (C=O) groups is 1. The van der Waals surface area contributed by atoms with Crippen LogP contribution in [0.25, 0.3) is 16.3 Å². The molecule has 1 amide bonds. The molecule has 130 valence electrons. The molecule has 0 spiro atoms. The van der Waals surface area contributed by atoms with Crippen LogP contribution in [0.4, 0.5) is 5.69 Å². The van der Waals surface area contributed by atoms with E-state index in [1.54, 1.807) is 16.6 Å². The van der Waals surface area contributed by atoms with Gasteiger partial charge in [-0.05, 0) is 50.2 Å². The van der Waals surface area contributed by atoms with E-state index in [-0.39, 0.29) is 5.91 Å². The lowest BCUT2D eigenvalue weighted by molar-refractivity contribution is 0.102. The molecule has 7 heteroatoms. The van der Waals surface area contributed by atoms with Crippen LogP contribution in [-0.2, 0) is 0 Å². The van der Waals surface area contributed by atoms with E-state index in [9.17, 15) is 4.79 Å². The van der Waals surface area contributed by atoms with Crippen LogP contribution in [0.15, 0.2) is 48.5 Å². The van der Waals surface area contributed by atoms with Crippen LogP contribution < -0.4 is 5.32 Å². The third-order valence-electron chi connectivity index (χ3n) is 4.04. The van der Waals surface area contributed by atoms with Crippen molar-refractivity contribution >= 4 is 39.5 Å². The van der Waals surface area contributed by atoms with Gasteiger partial charge in [0, 0.05) is 16.3 Å². The molecule has 0 aliphatic heterocycles. The summed E-state index contributed by atoms with van der Waals surface area (Å²) in [6.07, 6.45) is 0. The van der Waals surface area contributed by atoms with Gasteiger partial charge in [0.2, 0.25) is 4.96 Å². The van der Waals surface area contributed by atoms with Crippen LogP contribution in [0.2, 0.25) is 5.02 Å². The summed E-state index contributed by atoms with van der Waals surface area (Å²) in [7, 11) is 0. The highest BCUT2D eigenvalue weighted by atomic mass is 35.5. The van der Waals surface area contributed by atoms with E-state index < -0.39 is 0 Å². The summed E-state index contributed by atoms with van der Waals surface area (Å²) < 4.78 is 1.71. The average molecular weight is 383 g/mol. The van der Waals surface area contributed by atoms with Gasteiger partial charge in [0.05, 0.1) is 5.69 Å². The highest BCUT2D eigenvalue weighted by Crippen LogP contribution is 2.26. The van der Waals surface area contributed by atoms with Crippen molar-refractivity contribution < 1.29 is 4.79 Å².